The number of hydrogen-bond donors (Lipinski definition) is 2. The van der Waals surface area contributed by atoms with Crippen LogP contribution < -0.4 is 5.32 Å². The molecule has 0 aliphatic rings. The summed E-state index contributed by atoms with van der Waals surface area (Å²) in [5.41, 5.74) is 0.853. The summed E-state index contributed by atoms with van der Waals surface area (Å²) < 4.78 is 0. The van der Waals surface area contributed by atoms with Crippen LogP contribution in [0.3, 0.4) is 0 Å². The number of aromatic nitrogens is 1. The highest BCUT2D eigenvalue weighted by Gasteiger charge is 2.10. The number of rotatable bonds is 5. The van der Waals surface area contributed by atoms with E-state index >= 15 is 0 Å². The number of carbonyl (C=O) groups is 2. The normalized spacial score (nSPS) is 11.8. The van der Waals surface area contributed by atoms with E-state index in [2.05, 4.69) is 10.3 Å². The van der Waals surface area contributed by atoms with Gasteiger partial charge >= 0.3 is 0 Å². The lowest BCUT2D eigenvalue weighted by molar-refractivity contribution is 0.0958. The molecule has 0 aromatic carbocycles. The number of H-pyrrole nitrogens is 1. The van der Waals surface area contributed by atoms with Crippen molar-refractivity contribution < 1.29 is 9.59 Å². The maximum absolute atomic E-state index is 11.8. The standard InChI is InChI=1S/C13H15ClN2O2/c1-3-10(14)5-4-6-12(17)9-7-11(16-8-9)13(18)15-2/h3-5,7-8,16H,6H2,1-2H3,(H,15,18)/b5-4-,10-3+. The monoisotopic (exact) mass is 266 g/mol. The second kappa shape index (κ2) is 6.81. The number of Topliss-reactive ketones (excluding diaryl/α,β-unsaturated/α-hetero) is 1. The average molecular weight is 267 g/mol. The Hall–Kier alpha value is -1.81. The molecule has 1 aromatic rings. The molecule has 0 bridgehead atoms. The zero-order chi connectivity index (χ0) is 13.5. The molecule has 5 heteroatoms. The average Bonchev–Trinajstić information content (AvgIpc) is 2.87. The third kappa shape index (κ3) is 3.89. The lowest BCUT2D eigenvalue weighted by Gasteiger charge is -1.93. The van der Waals surface area contributed by atoms with Crippen LogP contribution in [0.2, 0.25) is 0 Å². The van der Waals surface area contributed by atoms with Crippen LogP contribution in [0.1, 0.15) is 34.2 Å². The molecule has 0 spiro atoms. The number of halogens is 1. The molecule has 0 unspecified atom stereocenters. The van der Waals surface area contributed by atoms with Crippen LogP contribution in [0.4, 0.5) is 0 Å². The quantitative estimate of drug-likeness (QED) is 0.636. The predicted octanol–water partition coefficient (Wildman–Crippen LogP) is 2.65. The highest BCUT2D eigenvalue weighted by Crippen LogP contribution is 2.09. The van der Waals surface area contributed by atoms with Crippen LogP contribution in [-0.4, -0.2) is 23.7 Å². The van der Waals surface area contributed by atoms with Crippen molar-refractivity contribution in [1.29, 1.82) is 0 Å². The van der Waals surface area contributed by atoms with Crippen molar-refractivity contribution >= 4 is 23.3 Å². The van der Waals surface area contributed by atoms with E-state index in [1.54, 1.807) is 18.2 Å². The molecule has 0 aliphatic heterocycles. The largest absolute Gasteiger partial charge is 0.356 e. The zero-order valence-corrected chi connectivity index (χ0v) is 11.0. The van der Waals surface area contributed by atoms with Crippen LogP contribution in [0.15, 0.2) is 35.5 Å². The van der Waals surface area contributed by atoms with E-state index in [0.717, 1.165) is 0 Å². The Morgan fingerprint density at radius 2 is 2.22 bits per heavy atom. The molecule has 18 heavy (non-hydrogen) atoms. The van der Waals surface area contributed by atoms with E-state index in [4.69, 9.17) is 11.6 Å². The molecule has 1 amide bonds. The van der Waals surface area contributed by atoms with Gasteiger partial charge in [0, 0.05) is 30.3 Å². The zero-order valence-electron chi connectivity index (χ0n) is 10.3. The second-order valence-electron chi connectivity index (χ2n) is 3.58. The molecule has 0 atom stereocenters. The van der Waals surface area contributed by atoms with Gasteiger partial charge in [0.15, 0.2) is 5.78 Å². The van der Waals surface area contributed by atoms with Crippen LogP contribution in [0.25, 0.3) is 0 Å². The lowest BCUT2D eigenvalue weighted by Crippen LogP contribution is -2.17. The van der Waals surface area contributed by atoms with E-state index in [1.165, 1.54) is 19.3 Å². The summed E-state index contributed by atoms with van der Waals surface area (Å²) in [6.07, 6.45) is 6.87. The fourth-order valence-electron chi connectivity index (χ4n) is 1.31. The first-order valence-corrected chi connectivity index (χ1v) is 5.88. The van der Waals surface area contributed by atoms with Gasteiger partial charge in [-0.05, 0) is 19.1 Å². The molecular formula is C13H15ClN2O2. The fraction of sp³-hybridized carbons (Fsp3) is 0.231. The van der Waals surface area contributed by atoms with Gasteiger partial charge in [-0.25, -0.2) is 0 Å². The van der Waals surface area contributed by atoms with Gasteiger partial charge in [0.25, 0.3) is 5.91 Å². The van der Waals surface area contributed by atoms with Gasteiger partial charge in [0.2, 0.25) is 0 Å². The molecule has 0 aliphatic carbocycles. The molecule has 0 fully saturated rings. The first-order chi connectivity index (χ1) is 8.58. The fourth-order valence-corrected chi connectivity index (χ4v) is 1.40. The van der Waals surface area contributed by atoms with Crippen LogP contribution in [0, 0.1) is 0 Å². The van der Waals surface area contributed by atoms with Crippen LogP contribution in [-0.2, 0) is 0 Å². The van der Waals surface area contributed by atoms with Gasteiger partial charge in [0.05, 0.1) is 0 Å². The van der Waals surface area contributed by atoms with E-state index in [-0.39, 0.29) is 18.1 Å². The van der Waals surface area contributed by atoms with Crippen LogP contribution in [0.5, 0.6) is 0 Å². The van der Waals surface area contributed by atoms with Gasteiger partial charge < -0.3 is 10.3 Å². The number of nitrogens with one attached hydrogen (secondary N) is 2. The SMILES string of the molecule is C/C=C(Cl)\C=C/CC(=O)c1c[nH]c(C(=O)NC)c1. The summed E-state index contributed by atoms with van der Waals surface area (Å²) in [5, 5.41) is 3.06. The van der Waals surface area contributed by atoms with Gasteiger partial charge in [-0.2, -0.15) is 0 Å². The van der Waals surface area contributed by atoms with E-state index in [0.29, 0.717) is 16.3 Å². The first kappa shape index (κ1) is 14.3. The number of amides is 1. The summed E-state index contributed by atoms with van der Waals surface area (Å²) >= 11 is 5.76. The van der Waals surface area contributed by atoms with E-state index < -0.39 is 0 Å². The molecular weight excluding hydrogens is 252 g/mol. The highest BCUT2D eigenvalue weighted by atomic mass is 35.5. The predicted molar refractivity (Wildman–Crippen MR) is 71.9 cm³/mol. The smallest absolute Gasteiger partial charge is 0.267 e. The van der Waals surface area contributed by atoms with Gasteiger partial charge in [-0.15, -0.1) is 0 Å². The van der Waals surface area contributed by atoms with Gasteiger partial charge in [-0.1, -0.05) is 23.8 Å². The summed E-state index contributed by atoms with van der Waals surface area (Å²) in [4.78, 5) is 25.8. The van der Waals surface area contributed by atoms with Crippen LogP contribution >= 0.6 is 11.6 Å². The van der Waals surface area contributed by atoms with E-state index in [1.807, 2.05) is 6.92 Å². The molecule has 0 radical (unpaired) electrons. The molecule has 0 saturated carbocycles. The first-order valence-electron chi connectivity index (χ1n) is 5.50. The Balaban J connectivity index is 2.65. The third-order valence-corrected chi connectivity index (χ3v) is 2.68. The Labute approximate surface area is 111 Å². The van der Waals surface area contributed by atoms with Gasteiger partial charge in [0.1, 0.15) is 5.69 Å². The molecule has 1 aromatic heterocycles. The summed E-state index contributed by atoms with van der Waals surface area (Å²) in [7, 11) is 1.53. The van der Waals surface area contributed by atoms with Crippen molar-refractivity contribution in [2.75, 3.05) is 7.05 Å². The second-order valence-corrected chi connectivity index (χ2v) is 4.02. The number of hydrogen-bond acceptors (Lipinski definition) is 2. The molecule has 2 N–H and O–H groups in total. The van der Waals surface area contributed by atoms with E-state index in [9.17, 15) is 9.59 Å². The highest BCUT2D eigenvalue weighted by molar-refractivity contribution is 6.31. The minimum absolute atomic E-state index is 0.0711. The maximum atomic E-state index is 11.8. The minimum Gasteiger partial charge on any atom is -0.356 e. The Kier molecular flexibility index (Phi) is 5.39. The molecule has 1 heterocycles. The number of ketones is 1. The Bertz CT molecular complexity index is 501. The van der Waals surface area contributed by atoms with Gasteiger partial charge in [-0.3, -0.25) is 9.59 Å². The molecule has 1 rings (SSSR count). The van der Waals surface area contributed by atoms with Crippen molar-refractivity contribution in [3.05, 3.63) is 46.8 Å². The number of carbonyl (C=O) groups excluding carboxylic acids is 2. The van der Waals surface area contributed by atoms with Crippen molar-refractivity contribution in [3.63, 3.8) is 0 Å². The molecule has 4 nitrogen and oxygen atoms in total. The summed E-state index contributed by atoms with van der Waals surface area (Å²) in [6.45, 7) is 1.82. The lowest BCUT2D eigenvalue weighted by atomic mass is 10.1. The maximum Gasteiger partial charge on any atom is 0.267 e. The van der Waals surface area contributed by atoms with Crippen molar-refractivity contribution in [2.24, 2.45) is 0 Å². The Morgan fingerprint density at radius 1 is 1.50 bits per heavy atom. The summed E-state index contributed by atoms with van der Waals surface area (Å²) in [5.74, 6) is -0.320. The molecule has 0 saturated heterocycles. The van der Waals surface area contributed by atoms with Crippen molar-refractivity contribution in [3.8, 4) is 0 Å². The topological polar surface area (TPSA) is 62.0 Å². The van der Waals surface area contributed by atoms with Crippen molar-refractivity contribution in [2.45, 2.75) is 13.3 Å². The third-order valence-electron chi connectivity index (χ3n) is 2.33. The molecule has 96 valence electrons. The number of allylic oxidation sites excluding steroid dienone is 4. The Morgan fingerprint density at radius 3 is 2.83 bits per heavy atom. The summed E-state index contributed by atoms with van der Waals surface area (Å²) in [6, 6.07) is 1.53. The number of aromatic amines is 1. The van der Waals surface area contributed by atoms with Crippen molar-refractivity contribution in [1.82, 2.24) is 10.3 Å². The minimum atomic E-state index is -0.249.